The molecule has 0 aliphatic carbocycles. The van der Waals surface area contributed by atoms with E-state index in [2.05, 4.69) is 0 Å². The fourth-order valence-corrected chi connectivity index (χ4v) is 3.43. The van der Waals surface area contributed by atoms with Gasteiger partial charge in [-0.25, -0.2) is 8.42 Å². The molecule has 0 aliphatic rings. The van der Waals surface area contributed by atoms with E-state index < -0.39 is 15.1 Å². The summed E-state index contributed by atoms with van der Waals surface area (Å²) in [5.74, 6) is 0. The van der Waals surface area contributed by atoms with E-state index in [1.807, 2.05) is 43.3 Å². The van der Waals surface area contributed by atoms with Crippen molar-refractivity contribution in [1.29, 1.82) is 0 Å². The molecule has 0 aliphatic heterocycles. The number of rotatable bonds is 3. The van der Waals surface area contributed by atoms with Crippen LogP contribution in [0.2, 0.25) is 0 Å². The predicted octanol–water partition coefficient (Wildman–Crippen LogP) is 3.09. The van der Waals surface area contributed by atoms with Crippen molar-refractivity contribution in [3.05, 3.63) is 36.4 Å². The van der Waals surface area contributed by atoms with Crippen LogP contribution in [0.25, 0.3) is 10.8 Å². The Morgan fingerprint density at radius 3 is 2.11 bits per heavy atom. The third-order valence-corrected chi connectivity index (χ3v) is 5.45. The van der Waals surface area contributed by atoms with Crippen molar-refractivity contribution in [2.24, 2.45) is 0 Å². The average Bonchev–Trinajstić information content (AvgIpc) is 2.36. The predicted molar refractivity (Wildman–Crippen MR) is 80.6 cm³/mol. The second-order valence-corrected chi connectivity index (χ2v) is 7.59. The van der Waals surface area contributed by atoms with Crippen LogP contribution in [0.1, 0.15) is 13.8 Å². The van der Waals surface area contributed by atoms with Crippen LogP contribution in [-0.4, -0.2) is 27.8 Å². The van der Waals surface area contributed by atoms with Crippen molar-refractivity contribution in [1.82, 2.24) is 0 Å². The van der Waals surface area contributed by atoms with E-state index in [9.17, 15) is 8.42 Å². The normalized spacial score (nSPS) is 12.1. The molecule has 102 valence electrons. The first kappa shape index (κ1) is 13.9. The highest BCUT2D eigenvalue weighted by atomic mass is 32.2. The summed E-state index contributed by atoms with van der Waals surface area (Å²) >= 11 is 0. The number of sulfone groups is 1. The molecule has 0 bridgehead atoms. The van der Waals surface area contributed by atoms with Crippen LogP contribution in [0.15, 0.2) is 41.3 Å². The molecule has 0 fully saturated rings. The molecular formula is C15H19NO2S. The van der Waals surface area contributed by atoms with Crippen molar-refractivity contribution >= 4 is 26.3 Å². The number of nitrogens with zero attached hydrogens (tertiary/aromatic N) is 1. The monoisotopic (exact) mass is 277 g/mol. The second-order valence-electron chi connectivity index (χ2n) is 5.12. The van der Waals surface area contributed by atoms with Crippen molar-refractivity contribution < 1.29 is 8.42 Å². The zero-order valence-corrected chi connectivity index (χ0v) is 12.5. The van der Waals surface area contributed by atoms with Gasteiger partial charge in [0.25, 0.3) is 0 Å². The van der Waals surface area contributed by atoms with E-state index in [0.29, 0.717) is 4.90 Å². The van der Waals surface area contributed by atoms with Gasteiger partial charge in [-0.15, -0.1) is 0 Å². The molecule has 0 N–H and O–H groups in total. The molecule has 0 aromatic heterocycles. The van der Waals surface area contributed by atoms with Crippen LogP contribution in [0.5, 0.6) is 0 Å². The van der Waals surface area contributed by atoms with Gasteiger partial charge in [0, 0.05) is 25.2 Å². The topological polar surface area (TPSA) is 37.4 Å². The van der Waals surface area contributed by atoms with Crippen molar-refractivity contribution in [2.75, 3.05) is 19.0 Å². The minimum absolute atomic E-state index is 0.421. The summed E-state index contributed by atoms with van der Waals surface area (Å²) in [6.07, 6.45) is 0. The molecule has 19 heavy (non-hydrogen) atoms. The smallest absolute Gasteiger partial charge is 0.181 e. The summed E-state index contributed by atoms with van der Waals surface area (Å²) in [6.45, 7) is 3.43. The van der Waals surface area contributed by atoms with Gasteiger partial charge in [0.15, 0.2) is 9.84 Å². The van der Waals surface area contributed by atoms with E-state index in [4.69, 9.17) is 0 Å². The molecule has 0 saturated carbocycles. The summed E-state index contributed by atoms with van der Waals surface area (Å²) in [5.41, 5.74) is 0.928. The third kappa shape index (κ3) is 2.32. The molecule has 0 spiro atoms. The Kier molecular flexibility index (Phi) is 3.54. The maximum atomic E-state index is 12.5. The van der Waals surface area contributed by atoms with Crippen LogP contribution in [0, 0.1) is 0 Å². The van der Waals surface area contributed by atoms with Gasteiger partial charge in [0.1, 0.15) is 0 Å². The molecular weight excluding hydrogens is 258 g/mol. The molecule has 2 aromatic rings. The highest BCUT2D eigenvalue weighted by Gasteiger charge is 2.23. The summed E-state index contributed by atoms with van der Waals surface area (Å²) < 4.78 is 25.0. The first-order valence-electron chi connectivity index (χ1n) is 6.28. The molecule has 0 amide bonds. The summed E-state index contributed by atoms with van der Waals surface area (Å²) in [4.78, 5) is 2.37. The molecule has 0 saturated heterocycles. The van der Waals surface area contributed by atoms with Gasteiger partial charge in [0.2, 0.25) is 0 Å². The summed E-state index contributed by atoms with van der Waals surface area (Å²) in [7, 11) is 0.562. The zero-order valence-electron chi connectivity index (χ0n) is 11.7. The highest BCUT2D eigenvalue weighted by Crippen LogP contribution is 2.33. The lowest BCUT2D eigenvalue weighted by Crippen LogP contribution is -2.16. The summed E-state index contributed by atoms with van der Waals surface area (Å²) in [6, 6.07) is 11.3. The number of hydrogen-bond acceptors (Lipinski definition) is 3. The Morgan fingerprint density at radius 1 is 1.00 bits per heavy atom. The first-order valence-corrected chi connectivity index (χ1v) is 7.83. The largest absolute Gasteiger partial charge is 0.377 e. The Balaban J connectivity index is 2.90. The zero-order chi connectivity index (χ0) is 14.2. The lowest BCUT2D eigenvalue weighted by atomic mass is 10.1. The molecule has 2 aromatic carbocycles. The van der Waals surface area contributed by atoms with Crippen molar-refractivity contribution in [3.8, 4) is 0 Å². The Hall–Kier alpha value is -1.55. The minimum atomic E-state index is -3.29. The fraction of sp³-hybridized carbons (Fsp3) is 0.333. The van der Waals surface area contributed by atoms with Crippen molar-refractivity contribution in [3.63, 3.8) is 0 Å². The number of anilines is 1. The van der Waals surface area contributed by atoms with E-state index in [1.165, 1.54) is 0 Å². The van der Waals surface area contributed by atoms with E-state index in [0.717, 1.165) is 16.5 Å². The molecule has 0 atom stereocenters. The van der Waals surface area contributed by atoms with Crippen molar-refractivity contribution in [2.45, 2.75) is 24.0 Å². The fourth-order valence-electron chi connectivity index (χ4n) is 2.15. The van der Waals surface area contributed by atoms with Gasteiger partial charge in [-0.05, 0) is 31.4 Å². The quantitative estimate of drug-likeness (QED) is 0.865. The molecule has 3 nitrogen and oxygen atoms in total. The lowest BCUT2D eigenvalue weighted by Gasteiger charge is -2.19. The van der Waals surface area contributed by atoms with E-state index in [1.54, 1.807) is 26.0 Å². The van der Waals surface area contributed by atoms with Crippen LogP contribution < -0.4 is 4.90 Å². The third-order valence-electron chi connectivity index (χ3n) is 3.25. The molecule has 2 rings (SSSR count). The van der Waals surface area contributed by atoms with Gasteiger partial charge in [-0.3, -0.25) is 0 Å². The maximum Gasteiger partial charge on any atom is 0.181 e. The van der Waals surface area contributed by atoms with Crippen LogP contribution in [0.4, 0.5) is 5.69 Å². The van der Waals surface area contributed by atoms with Gasteiger partial charge < -0.3 is 4.90 Å². The molecule has 0 radical (unpaired) electrons. The van der Waals surface area contributed by atoms with Crippen LogP contribution in [0.3, 0.4) is 0 Å². The lowest BCUT2D eigenvalue weighted by molar-refractivity contribution is 0.588. The van der Waals surface area contributed by atoms with E-state index >= 15 is 0 Å². The van der Waals surface area contributed by atoms with Gasteiger partial charge in [-0.2, -0.15) is 0 Å². The molecule has 4 heteroatoms. The van der Waals surface area contributed by atoms with E-state index in [-0.39, 0.29) is 0 Å². The number of hydrogen-bond donors (Lipinski definition) is 0. The number of fused-ring (bicyclic) bond motifs is 1. The molecule has 0 unspecified atom stereocenters. The highest BCUT2D eigenvalue weighted by molar-refractivity contribution is 7.92. The maximum absolute atomic E-state index is 12.5. The van der Waals surface area contributed by atoms with Crippen LogP contribution >= 0.6 is 0 Å². The average molecular weight is 277 g/mol. The van der Waals surface area contributed by atoms with Gasteiger partial charge >= 0.3 is 0 Å². The first-order chi connectivity index (χ1) is 8.85. The number of benzene rings is 2. The standard InChI is InChI=1S/C15H19NO2S/c1-11(2)19(17,18)14-10-6-8-12-7-5-9-13(15(12)14)16(3)4/h5-11H,1-4H3. The Labute approximate surface area is 114 Å². The second kappa shape index (κ2) is 4.85. The van der Waals surface area contributed by atoms with Gasteiger partial charge in [-0.1, -0.05) is 24.3 Å². The van der Waals surface area contributed by atoms with Crippen LogP contribution in [-0.2, 0) is 9.84 Å². The minimum Gasteiger partial charge on any atom is -0.377 e. The molecule has 0 heterocycles. The Bertz CT molecular complexity index is 698. The van der Waals surface area contributed by atoms with Gasteiger partial charge in [0.05, 0.1) is 10.1 Å². The SMILES string of the molecule is CC(C)S(=O)(=O)c1cccc2cccc(N(C)C)c12. The summed E-state index contributed by atoms with van der Waals surface area (Å²) in [5, 5.41) is 1.34. The Morgan fingerprint density at radius 2 is 1.58 bits per heavy atom.